The van der Waals surface area contributed by atoms with Gasteiger partial charge in [0.2, 0.25) is 0 Å². The van der Waals surface area contributed by atoms with Crippen molar-refractivity contribution in [2.75, 3.05) is 25.9 Å². The van der Waals surface area contributed by atoms with Crippen molar-refractivity contribution in [3.05, 3.63) is 64.9 Å². The average molecular weight is 474 g/mol. The van der Waals surface area contributed by atoms with Gasteiger partial charge in [0.1, 0.15) is 22.9 Å². The highest BCUT2D eigenvalue weighted by Crippen LogP contribution is 2.38. The second kappa shape index (κ2) is 8.18. The number of anilines is 1. The molecule has 172 valence electrons. The fraction of sp³-hybridized carbons (Fsp3) is 0.240. The summed E-state index contributed by atoms with van der Waals surface area (Å²) >= 11 is 1.54. The summed E-state index contributed by atoms with van der Waals surface area (Å²) in [5, 5.41) is 4.77. The van der Waals surface area contributed by atoms with Crippen LogP contribution in [0.3, 0.4) is 0 Å². The Balaban J connectivity index is 1.36. The van der Waals surface area contributed by atoms with Crippen LogP contribution < -0.4 is 10.5 Å². The molecule has 0 unspecified atom stereocenters. The molecule has 5 aromatic rings. The lowest BCUT2D eigenvalue weighted by Crippen LogP contribution is -2.38. The Kier molecular flexibility index (Phi) is 4.99. The standard InChI is InChI=1S/C25H23N5O3S/c1-32-18-4-2-3-16-13-19(33-22(16)18)20-21-23(26)27-8-11-30(21)24(28-20)15-5-9-29(10-6-15)25(31)17-7-12-34-14-17/h2-4,7-8,11-15H,5-6,9-10H2,1H3,(H2,26,27). The molecular formula is C25H23N5O3S. The van der Waals surface area contributed by atoms with E-state index >= 15 is 0 Å². The number of para-hydroxylation sites is 1. The highest BCUT2D eigenvalue weighted by atomic mass is 32.1. The van der Waals surface area contributed by atoms with E-state index in [0.29, 0.717) is 41.7 Å². The summed E-state index contributed by atoms with van der Waals surface area (Å²) in [6.07, 6.45) is 5.23. The number of furan rings is 1. The number of benzene rings is 1. The molecule has 1 fully saturated rings. The van der Waals surface area contributed by atoms with Gasteiger partial charge < -0.3 is 19.8 Å². The lowest BCUT2D eigenvalue weighted by Gasteiger charge is -2.31. The van der Waals surface area contributed by atoms with E-state index in [1.807, 2.05) is 56.6 Å². The first kappa shape index (κ1) is 20.7. The van der Waals surface area contributed by atoms with Crippen molar-refractivity contribution in [1.29, 1.82) is 0 Å². The molecule has 1 saturated heterocycles. The molecule has 4 aromatic heterocycles. The van der Waals surface area contributed by atoms with Gasteiger partial charge in [-0.15, -0.1) is 0 Å². The third-order valence-corrected chi connectivity index (χ3v) is 7.17. The minimum absolute atomic E-state index is 0.0954. The number of hydrogen-bond donors (Lipinski definition) is 1. The molecule has 9 heteroatoms. The number of thiophene rings is 1. The second-order valence-corrected chi connectivity index (χ2v) is 9.20. The number of imidazole rings is 1. The molecule has 6 rings (SSSR count). The van der Waals surface area contributed by atoms with Crippen LogP contribution in [-0.4, -0.2) is 45.4 Å². The summed E-state index contributed by atoms with van der Waals surface area (Å²) in [6, 6.07) is 9.61. The van der Waals surface area contributed by atoms with Crippen LogP contribution in [0.25, 0.3) is 27.9 Å². The number of carbonyl (C=O) groups is 1. The minimum Gasteiger partial charge on any atom is -0.493 e. The zero-order chi connectivity index (χ0) is 23.2. The van der Waals surface area contributed by atoms with Crippen molar-refractivity contribution in [3.8, 4) is 17.2 Å². The Morgan fingerprint density at radius 2 is 2.12 bits per heavy atom. The quantitative estimate of drug-likeness (QED) is 0.402. The third-order valence-electron chi connectivity index (χ3n) is 6.49. The zero-order valence-electron chi connectivity index (χ0n) is 18.6. The van der Waals surface area contributed by atoms with Gasteiger partial charge in [-0.25, -0.2) is 9.97 Å². The fourth-order valence-electron chi connectivity index (χ4n) is 4.77. The highest BCUT2D eigenvalue weighted by molar-refractivity contribution is 7.08. The van der Waals surface area contributed by atoms with Gasteiger partial charge in [-0.1, -0.05) is 12.1 Å². The molecule has 8 nitrogen and oxygen atoms in total. The average Bonchev–Trinajstić information content (AvgIpc) is 3.62. The van der Waals surface area contributed by atoms with Gasteiger partial charge in [-0.3, -0.25) is 9.20 Å². The van der Waals surface area contributed by atoms with Gasteiger partial charge >= 0.3 is 0 Å². The molecule has 2 N–H and O–H groups in total. The van der Waals surface area contributed by atoms with Crippen molar-refractivity contribution in [1.82, 2.24) is 19.3 Å². The number of ether oxygens (including phenoxy) is 1. The van der Waals surface area contributed by atoms with E-state index < -0.39 is 0 Å². The normalized spacial score (nSPS) is 14.8. The van der Waals surface area contributed by atoms with Crippen molar-refractivity contribution >= 4 is 39.5 Å². The summed E-state index contributed by atoms with van der Waals surface area (Å²) in [4.78, 5) is 24.0. The number of carbonyl (C=O) groups excluding carboxylic acids is 1. The molecular weight excluding hydrogens is 450 g/mol. The smallest absolute Gasteiger partial charge is 0.254 e. The number of likely N-dealkylation sites (tertiary alicyclic amines) is 1. The van der Waals surface area contributed by atoms with Crippen LogP contribution in [0.4, 0.5) is 5.82 Å². The lowest BCUT2D eigenvalue weighted by molar-refractivity contribution is 0.0711. The molecule has 1 aliphatic heterocycles. The highest BCUT2D eigenvalue weighted by Gasteiger charge is 2.29. The van der Waals surface area contributed by atoms with E-state index in [4.69, 9.17) is 19.9 Å². The third kappa shape index (κ3) is 3.31. The first-order chi connectivity index (χ1) is 16.6. The van der Waals surface area contributed by atoms with Crippen LogP contribution in [0.2, 0.25) is 0 Å². The largest absolute Gasteiger partial charge is 0.493 e. The van der Waals surface area contributed by atoms with Crippen molar-refractivity contribution in [2.45, 2.75) is 18.8 Å². The van der Waals surface area contributed by atoms with Crippen LogP contribution in [0.15, 0.2) is 57.9 Å². The molecule has 0 radical (unpaired) electrons. The second-order valence-electron chi connectivity index (χ2n) is 8.42. The molecule has 1 aliphatic rings. The van der Waals surface area contributed by atoms with E-state index in [-0.39, 0.29) is 11.8 Å². The minimum atomic E-state index is 0.0954. The summed E-state index contributed by atoms with van der Waals surface area (Å²) < 4.78 is 13.7. The van der Waals surface area contributed by atoms with E-state index in [9.17, 15) is 4.79 Å². The number of methoxy groups -OCH3 is 1. The Morgan fingerprint density at radius 3 is 2.88 bits per heavy atom. The number of aromatic nitrogens is 3. The van der Waals surface area contributed by atoms with Gasteiger partial charge in [0.25, 0.3) is 5.91 Å². The number of nitrogens with zero attached hydrogens (tertiary/aromatic N) is 4. The van der Waals surface area contributed by atoms with Gasteiger partial charge in [0.15, 0.2) is 17.1 Å². The maximum atomic E-state index is 12.8. The molecule has 0 atom stereocenters. The van der Waals surface area contributed by atoms with Gasteiger partial charge in [-0.05, 0) is 36.4 Å². The van der Waals surface area contributed by atoms with Crippen LogP contribution >= 0.6 is 11.3 Å². The Labute approximate surface area is 199 Å². The number of nitrogen functional groups attached to an aromatic ring is 1. The summed E-state index contributed by atoms with van der Waals surface area (Å²) in [7, 11) is 1.62. The van der Waals surface area contributed by atoms with Gasteiger partial charge in [-0.2, -0.15) is 11.3 Å². The predicted molar refractivity (Wildman–Crippen MR) is 131 cm³/mol. The maximum Gasteiger partial charge on any atom is 0.254 e. The summed E-state index contributed by atoms with van der Waals surface area (Å²) in [6.45, 7) is 1.37. The predicted octanol–water partition coefficient (Wildman–Crippen LogP) is 4.81. The molecule has 5 heterocycles. The number of nitrogens with two attached hydrogens (primary N) is 1. The van der Waals surface area contributed by atoms with Crippen molar-refractivity contribution in [2.24, 2.45) is 0 Å². The van der Waals surface area contributed by atoms with E-state index in [2.05, 4.69) is 4.98 Å². The Bertz CT molecular complexity index is 1500. The Hall–Kier alpha value is -3.85. The first-order valence-corrected chi connectivity index (χ1v) is 12.1. The summed E-state index contributed by atoms with van der Waals surface area (Å²) in [5.41, 5.74) is 9.14. The van der Waals surface area contributed by atoms with E-state index in [0.717, 1.165) is 35.1 Å². The van der Waals surface area contributed by atoms with Crippen LogP contribution in [-0.2, 0) is 0 Å². The maximum absolute atomic E-state index is 12.8. The number of rotatable bonds is 4. The Morgan fingerprint density at radius 1 is 1.26 bits per heavy atom. The number of piperidine rings is 1. The number of hydrogen-bond acceptors (Lipinski definition) is 7. The molecule has 0 saturated carbocycles. The van der Waals surface area contributed by atoms with Crippen LogP contribution in [0, 0.1) is 0 Å². The van der Waals surface area contributed by atoms with Crippen molar-refractivity contribution in [3.63, 3.8) is 0 Å². The van der Waals surface area contributed by atoms with Crippen LogP contribution in [0.1, 0.15) is 34.9 Å². The molecule has 1 amide bonds. The topological polar surface area (TPSA) is 98.9 Å². The lowest BCUT2D eigenvalue weighted by atomic mass is 9.95. The van der Waals surface area contributed by atoms with E-state index in [1.54, 1.807) is 24.6 Å². The SMILES string of the molecule is COc1cccc2cc(-c3nc(C4CCN(C(=O)c5ccsc5)CC4)n4ccnc(N)c34)oc12. The van der Waals surface area contributed by atoms with Crippen molar-refractivity contribution < 1.29 is 13.9 Å². The molecule has 0 spiro atoms. The van der Waals surface area contributed by atoms with Gasteiger partial charge in [0.05, 0.1) is 12.7 Å². The van der Waals surface area contributed by atoms with E-state index in [1.165, 1.54) is 0 Å². The molecule has 34 heavy (non-hydrogen) atoms. The monoisotopic (exact) mass is 473 g/mol. The zero-order valence-corrected chi connectivity index (χ0v) is 19.4. The molecule has 1 aromatic carbocycles. The fourth-order valence-corrected chi connectivity index (χ4v) is 5.40. The van der Waals surface area contributed by atoms with Gasteiger partial charge in [0, 0.05) is 42.2 Å². The first-order valence-electron chi connectivity index (χ1n) is 11.1. The molecule has 0 bridgehead atoms. The molecule has 0 aliphatic carbocycles. The summed E-state index contributed by atoms with van der Waals surface area (Å²) in [5.74, 6) is 2.88. The number of fused-ring (bicyclic) bond motifs is 2. The van der Waals surface area contributed by atoms with Crippen LogP contribution in [0.5, 0.6) is 5.75 Å². The number of amides is 1.